The highest BCUT2D eigenvalue weighted by Gasteiger charge is 2.22. The third-order valence-corrected chi connectivity index (χ3v) is 6.65. The van der Waals surface area contributed by atoms with Gasteiger partial charge < -0.3 is 4.74 Å². The van der Waals surface area contributed by atoms with Crippen molar-refractivity contribution in [1.82, 2.24) is 14.7 Å². The van der Waals surface area contributed by atoms with Gasteiger partial charge in [0.05, 0.1) is 18.0 Å². The third-order valence-electron chi connectivity index (χ3n) is 5.60. The zero-order valence-electron chi connectivity index (χ0n) is 16.7. The first-order valence-corrected chi connectivity index (χ1v) is 11.4. The minimum absolute atomic E-state index is 0.0516. The van der Waals surface area contributed by atoms with Crippen LogP contribution in [0.3, 0.4) is 0 Å². The van der Waals surface area contributed by atoms with Crippen molar-refractivity contribution in [3.05, 3.63) is 80.1 Å². The van der Waals surface area contributed by atoms with Gasteiger partial charge in [0.25, 0.3) is 5.56 Å². The average molecular weight is 491 g/mol. The lowest BCUT2D eigenvalue weighted by molar-refractivity contribution is 0.156. The van der Waals surface area contributed by atoms with E-state index in [4.69, 9.17) is 16.3 Å². The van der Waals surface area contributed by atoms with Gasteiger partial charge in [-0.2, -0.15) is 0 Å². The maximum absolute atomic E-state index is 12.6. The van der Waals surface area contributed by atoms with Gasteiger partial charge in [0.1, 0.15) is 10.2 Å². The number of halogens is 2. The van der Waals surface area contributed by atoms with E-state index in [-0.39, 0.29) is 5.56 Å². The zero-order chi connectivity index (χ0) is 20.9. The SMILES string of the molecule is O=c1c(Br)c(CN2CCC(CCOc3cccc(Cl)c3)CC2)[nH]n1-c1ccccc1. The van der Waals surface area contributed by atoms with Gasteiger partial charge in [0, 0.05) is 11.6 Å². The van der Waals surface area contributed by atoms with Crippen LogP contribution in [0.2, 0.25) is 5.02 Å². The molecular weight excluding hydrogens is 466 g/mol. The largest absolute Gasteiger partial charge is 0.494 e. The Hall–Kier alpha value is -2.02. The molecule has 1 fully saturated rings. The molecule has 0 aliphatic carbocycles. The normalized spacial score (nSPS) is 15.4. The number of nitrogens with one attached hydrogen (secondary N) is 1. The summed E-state index contributed by atoms with van der Waals surface area (Å²) in [7, 11) is 0. The van der Waals surface area contributed by atoms with Crippen molar-refractivity contribution in [1.29, 1.82) is 0 Å². The molecular formula is C23H25BrClN3O2. The van der Waals surface area contributed by atoms with E-state index in [1.54, 1.807) is 4.68 Å². The number of hydrogen-bond acceptors (Lipinski definition) is 3. The van der Waals surface area contributed by atoms with Crippen LogP contribution in [0.25, 0.3) is 5.69 Å². The Morgan fingerprint density at radius 3 is 2.60 bits per heavy atom. The summed E-state index contributed by atoms with van der Waals surface area (Å²) in [4.78, 5) is 15.0. The molecule has 1 aliphatic rings. The van der Waals surface area contributed by atoms with Gasteiger partial charge in [-0.3, -0.25) is 14.8 Å². The molecule has 0 spiro atoms. The van der Waals surface area contributed by atoms with E-state index in [1.807, 2.05) is 54.6 Å². The summed E-state index contributed by atoms with van der Waals surface area (Å²) in [6, 6.07) is 17.2. The van der Waals surface area contributed by atoms with Crippen molar-refractivity contribution in [2.24, 2.45) is 5.92 Å². The van der Waals surface area contributed by atoms with E-state index in [0.717, 1.165) is 56.0 Å². The molecule has 1 aliphatic heterocycles. The summed E-state index contributed by atoms with van der Waals surface area (Å²) in [5, 5.41) is 3.97. The lowest BCUT2D eigenvalue weighted by Gasteiger charge is -2.31. The second-order valence-electron chi connectivity index (χ2n) is 7.69. The van der Waals surface area contributed by atoms with Crippen molar-refractivity contribution in [2.45, 2.75) is 25.8 Å². The second-order valence-corrected chi connectivity index (χ2v) is 8.92. The van der Waals surface area contributed by atoms with Crippen molar-refractivity contribution < 1.29 is 4.74 Å². The van der Waals surface area contributed by atoms with Gasteiger partial charge in [0.15, 0.2) is 0 Å². The Labute approximate surface area is 189 Å². The molecule has 0 unspecified atom stereocenters. The summed E-state index contributed by atoms with van der Waals surface area (Å²) in [5.74, 6) is 1.49. The molecule has 0 saturated carbocycles. The van der Waals surface area contributed by atoms with Crippen LogP contribution in [-0.2, 0) is 6.54 Å². The average Bonchev–Trinajstić information content (AvgIpc) is 3.04. The number of likely N-dealkylation sites (tertiary alicyclic amines) is 1. The predicted molar refractivity (Wildman–Crippen MR) is 124 cm³/mol. The minimum Gasteiger partial charge on any atom is -0.494 e. The number of piperidine rings is 1. The standard InChI is InChI=1S/C23H25BrClN3O2/c24-22-21(26-28(23(22)29)19-6-2-1-3-7-19)16-27-12-9-17(10-13-27)11-14-30-20-8-4-5-18(25)15-20/h1-8,15,17,26H,9-14,16H2. The summed E-state index contributed by atoms with van der Waals surface area (Å²) < 4.78 is 8.05. The zero-order valence-corrected chi connectivity index (χ0v) is 19.0. The van der Waals surface area contributed by atoms with Gasteiger partial charge in [-0.25, -0.2) is 4.68 Å². The van der Waals surface area contributed by atoms with Crippen LogP contribution in [0.4, 0.5) is 0 Å². The molecule has 2 heterocycles. The Morgan fingerprint density at radius 1 is 1.10 bits per heavy atom. The first-order chi connectivity index (χ1) is 14.6. The van der Waals surface area contributed by atoms with Crippen molar-refractivity contribution in [3.63, 3.8) is 0 Å². The first kappa shape index (κ1) is 21.2. The molecule has 158 valence electrons. The first-order valence-electron chi connectivity index (χ1n) is 10.3. The number of benzene rings is 2. The molecule has 3 aromatic rings. The van der Waals surface area contributed by atoms with Gasteiger partial charge in [0.2, 0.25) is 0 Å². The molecule has 30 heavy (non-hydrogen) atoms. The highest BCUT2D eigenvalue weighted by molar-refractivity contribution is 9.10. The Bertz CT molecular complexity index is 1030. The summed E-state index contributed by atoms with van der Waals surface area (Å²) in [5.41, 5.74) is 1.71. The topological polar surface area (TPSA) is 50.3 Å². The second kappa shape index (κ2) is 9.86. The lowest BCUT2D eigenvalue weighted by Crippen LogP contribution is -2.34. The molecule has 0 amide bonds. The maximum Gasteiger partial charge on any atom is 0.285 e. The fraction of sp³-hybridized carbons (Fsp3) is 0.348. The molecule has 0 bridgehead atoms. The number of H-pyrrole nitrogens is 1. The number of hydrogen-bond donors (Lipinski definition) is 1. The van der Waals surface area contributed by atoms with Crippen LogP contribution in [-0.4, -0.2) is 34.4 Å². The highest BCUT2D eigenvalue weighted by atomic mass is 79.9. The van der Waals surface area contributed by atoms with Crippen LogP contribution in [0.1, 0.15) is 25.0 Å². The Balaban J connectivity index is 1.27. The highest BCUT2D eigenvalue weighted by Crippen LogP contribution is 2.24. The molecule has 1 saturated heterocycles. The molecule has 1 N–H and O–H groups in total. The van der Waals surface area contributed by atoms with Crippen LogP contribution in [0.5, 0.6) is 5.75 Å². The van der Waals surface area contributed by atoms with E-state index in [0.29, 0.717) is 22.0 Å². The fourth-order valence-corrected chi connectivity index (χ4v) is 4.45. The number of para-hydroxylation sites is 1. The summed E-state index contributed by atoms with van der Waals surface area (Å²) >= 11 is 9.48. The quantitative estimate of drug-likeness (QED) is 0.491. The summed E-state index contributed by atoms with van der Waals surface area (Å²) in [6.07, 6.45) is 3.32. The maximum atomic E-state index is 12.6. The van der Waals surface area contributed by atoms with Gasteiger partial charge in [-0.05, 0) is 84.5 Å². The lowest BCUT2D eigenvalue weighted by atomic mass is 9.94. The number of nitrogens with zero attached hydrogens (tertiary/aromatic N) is 2. The van der Waals surface area contributed by atoms with Gasteiger partial charge in [-0.1, -0.05) is 35.9 Å². The molecule has 2 aromatic carbocycles. The third kappa shape index (κ3) is 5.17. The molecule has 4 rings (SSSR count). The fourth-order valence-electron chi connectivity index (χ4n) is 3.88. The molecule has 5 nitrogen and oxygen atoms in total. The molecule has 1 aromatic heterocycles. The van der Waals surface area contributed by atoms with Crippen LogP contribution in [0, 0.1) is 5.92 Å². The van der Waals surface area contributed by atoms with E-state index in [1.165, 1.54) is 0 Å². The number of rotatable bonds is 7. The van der Waals surface area contributed by atoms with Gasteiger partial charge >= 0.3 is 0 Å². The van der Waals surface area contributed by atoms with Crippen molar-refractivity contribution in [2.75, 3.05) is 19.7 Å². The summed E-state index contributed by atoms with van der Waals surface area (Å²) in [6.45, 7) is 3.49. The number of ether oxygens (including phenoxy) is 1. The van der Waals surface area contributed by atoms with Crippen LogP contribution < -0.4 is 10.3 Å². The van der Waals surface area contributed by atoms with Crippen LogP contribution in [0.15, 0.2) is 63.9 Å². The molecule has 0 atom stereocenters. The van der Waals surface area contributed by atoms with E-state index in [9.17, 15) is 4.79 Å². The minimum atomic E-state index is -0.0516. The van der Waals surface area contributed by atoms with E-state index in [2.05, 4.69) is 25.9 Å². The van der Waals surface area contributed by atoms with Crippen molar-refractivity contribution in [3.8, 4) is 11.4 Å². The van der Waals surface area contributed by atoms with E-state index >= 15 is 0 Å². The monoisotopic (exact) mass is 489 g/mol. The van der Waals surface area contributed by atoms with Gasteiger partial charge in [-0.15, -0.1) is 0 Å². The smallest absolute Gasteiger partial charge is 0.285 e. The Kier molecular flexibility index (Phi) is 6.97. The van der Waals surface area contributed by atoms with Crippen molar-refractivity contribution >= 4 is 27.5 Å². The molecule has 7 heteroatoms. The Morgan fingerprint density at radius 2 is 1.87 bits per heavy atom. The molecule has 0 radical (unpaired) electrons. The number of aromatic amines is 1. The van der Waals surface area contributed by atoms with Crippen LogP contribution >= 0.6 is 27.5 Å². The predicted octanol–water partition coefficient (Wildman–Crippen LogP) is 5.26. The van der Waals surface area contributed by atoms with E-state index < -0.39 is 0 Å². The number of aromatic nitrogens is 2.